The third-order valence-electron chi connectivity index (χ3n) is 7.64. The molecule has 2 fully saturated rings. The van der Waals surface area contributed by atoms with Crippen molar-refractivity contribution in [1.82, 2.24) is 4.90 Å². The molecular formula is C27H36N2O6. The van der Waals surface area contributed by atoms with Crippen molar-refractivity contribution in [3.63, 3.8) is 0 Å². The molecule has 3 heterocycles. The Kier molecular flexibility index (Phi) is 7.22. The lowest BCUT2D eigenvalue weighted by atomic mass is 9.70. The number of carbonyl (C=O) groups excluding carboxylic acids is 2. The summed E-state index contributed by atoms with van der Waals surface area (Å²) in [6.45, 7) is 7.38. The van der Waals surface area contributed by atoms with Crippen LogP contribution >= 0.6 is 0 Å². The Bertz CT molecular complexity index is 1050. The number of nitrogens with zero attached hydrogens (tertiary/aromatic N) is 2. The Morgan fingerprint density at radius 1 is 1.26 bits per heavy atom. The molecule has 0 unspecified atom stereocenters. The molecule has 35 heavy (non-hydrogen) atoms. The van der Waals surface area contributed by atoms with Crippen LogP contribution in [0.2, 0.25) is 0 Å². The molecule has 4 atom stereocenters. The first kappa shape index (κ1) is 25.2. The van der Waals surface area contributed by atoms with Crippen LogP contribution in [0.15, 0.2) is 35.0 Å². The molecule has 8 nitrogen and oxygen atoms in total. The number of methoxy groups -OCH3 is 3. The molecule has 190 valence electrons. The van der Waals surface area contributed by atoms with Crippen molar-refractivity contribution in [2.24, 2.45) is 22.7 Å². The van der Waals surface area contributed by atoms with Gasteiger partial charge in [-0.1, -0.05) is 33.3 Å². The summed E-state index contributed by atoms with van der Waals surface area (Å²) in [4.78, 5) is 33.2. The van der Waals surface area contributed by atoms with E-state index in [0.717, 1.165) is 36.5 Å². The molecule has 0 N–H and O–H groups in total. The van der Waals surface area contributed by atoms with Crippen molar-refractivity contribution in [1.29, 1.82) is 0 Å². The number of fused-ring (bicyclic) bond motifs is 5. The Hall–Kier alpha value is -2.87. The molecule has 2 saturated heterocycles. The number of hydrogen-bond acceptors (Lipinski definition) is 8. The minimum absolute atomic E-state index is 0.0708. The molecule has 0 aliphatic carbocycles. The standard InChI is InChI=1S/C27H36N2O6/c1-7-17-14-29-12-11-27(35-25(30)16(2)3)23-20(9-8-10-22(23)33-5)28-24(27)21(29)13-18(17)19(15-32-4)26(31)34-6/h8-10,15-18,21H,7,11-14H2,1-6H3/b19-15+/t17-,18+,21+,27+/m1/s1. The first-order valence-electron chi connectivity index (χ1n) is 12.4. The number of rotatable bonds is 7. The lowest BCUT2D eigenvalue weighted by molar-refractivity contribution is -0.160. The molecule has 1 aromatic rings. The molecule has 4 rings (SSSR count). The number of piperidine rings is 2. The third-order valence-corrected chi connectivity index (χ3v) is 7.64. The quantitative estimate of drug-likeness (QED) is 0.328. The molecule has 3 aliphatic rings. The predicted octanol–water partition coefficient (Wildman–Crippen LogP) is 4.00. The monoisotopic (exact) mass is 484 g/mol. The summed E-state index contributed by atoms with van der Waals surface area (Å²) in [5, 5.41) is 0. The molecule has 8 heteroatoms. The third kappa shape index (κ3) is 4.22. The first-order chi connectivity index (χ1) is 16.8. The number of esters is 2. The van der Waals surface area contributed by atoms with E-state index >= 15 is 0 Å². The van der Waals surface area contributed by atoms with Gasteiger partial charge in [0.25, 0.3) is 0 Å². The summed E-state index contributed by atoms with van der Waals surface area (Å²) in [7, 11) is 4.56. The fraction of sp³-hybridized carbons (Fsp3) is 0.593. The van der Waals surface area contributed by atoms with E-state index in [9.17, 15) is 9.59 Å². The highest BCUT2D eigenvalue weighted by molar-refractivity contribution is 6.06. The van der Waals surface area contributed by atoms with E-state index in [1.165, 1.54) is 13.4 Å². The van der Waals surface area contributed by atoms with Crippen molar-refractivity contribution in [3.8, 4) is 5.75 Å². The zero-order valence-corrected chi connectivity index (χ0v) is 21.5. The minimum atomic E-state index is -0.982. The van der Waals surface area contributed by atoms with Crippen LogP contribution in [0, 0.1) is 17.8 Å². The molecule has 0 spiro atoms. The van der Waals surface area contributed by atoms with Gasteiger partial charge in [-0.2, -0.15) is 0 Å². The van der Waals surface area contributed by atoms with Crippen LogP contribution in [0.1, 0.15) is 45.6 Å². The molecule has 3 aliphatic heterocycles. The van der Waals surface area contributed by atoms with Crippen LogP contribution in [-0.2, 0) is 29.4 Å². The fourth-order valence-electron chi connectivity index (χ4n) is 5.87. The lowest BCUT2D eigenvalue weighted by Gasteiger charge is -2.51. The van der Waals surface area contributed by atoms with Gasteiger partial charge in [0.1, 0.15) is 5.75 Å². The number of benzene rings is 1. The second kappa shape index (κ2) is 10.0. The van der Waals surface area contributed by atoms with E-state index in [1.54, 1.807) is 14.2 Å². The van der Waals surface area contributed by atoms with Gasteiger partial charge in [-0.15, -0.1) is 0 Å². The van der Waals surface area contributed by atoms with Gasteiger partial charge < -0.3 is 18.9 Å². The van der Waals surface area contributed by atoms with Crippen LogP contribution in [0.25, 0.3) is 0 Å². The summed E-state index contributed by atoms with van der Waals surface area (Å²) in [5.41, 5.74) is 1.96. The summed E-state index contributed by atoms with van der Waals surface area (Å²) in [6.07, 6.45) is 3.68. The van der Waals surface area contributed by atoms with E-state index in [-0.39, 0.29) is 35.7 Å². The number of carbonyl (C=O) groups is 2. The zero-order valence-electron chi connectivity index (χ0n) is 21.5. The van der Waals surface area contributed by atoms with Crippen LogP contribution in [0.5, 0.6) is 5.75 Å². The molecule has 1 aromatic carbocycles. The lowest BCUT2D eigenvalue weighted by Crippen LogP contribution is -2.61. The summed E-state index contributed by atoms with van der Waals surface area (Å²) < 4.78 is 22.4. The summed E-state index contributed by atoms with van der Waals surface area (Å²) in [5.74, 6) is -0.0651. The van der Waals surface area contributed by atoms with Crippen molar-refractivity contribution < 1.29 is 28.5 Å². The van der Waals surface area contributed by atoms with Crippen molar-refractivity contribution in [3.05, 3.63) is 35.6 Å². The van der Waals surface area contributed by atoms with Crippen molar-refractivity contribution in [2.45, 2.75) is 51.7 Å². The van der Waals surface area contributed by atoms with Gasteiger partial charge >= 0.3 is 11.9 Å². The van der Waals surface area contributed by atoms with Crippen molar-refractivity contribution in [2.75, 3.05) is 34.4 Å². The molecule has 0 amide bonds. The SMILES string of the molecule is CC[C@@H]1CN2CC[C@@]3(OC(=O)C(C)C)C(=Nc4cccc(OC)c43)[C@@H]2C[C@@H]1/C(=C\OC)C(=O)OC. The molecule has 0 bridgehead atoms. The Balaban J connectivity index is 1.80. The van der Waals surface area contributed by atoms with Gasteiger partial charge in [0.05, 0.1) is 62.1 Å². The largest absolute Gasteiger partial charge is 0.504 e. The predicted molar refractivity (Wildman–Crippen MR) is 132 cm³/mol. The van der Waals surface area contributed by atoms with Gasteiger partial charge in [-0.3, -0.25) is 14.7 Å². The maximum Gasteiger partial charge on any atom is 0.337 e. The Labute approximate surface area is 207 Å². The minimum Gasteiger partial charge on any atom is -0.504 e. The van der Waals surface area contributed by atoms with Crippen LogP contribution in [0.3, 0.4) is 0 Å². The van der Waals surface area contributed by atoms with E-state index in [2.05, 4.69) is 11.8 Å². The van der Waals surface area contributed by atoms with E-state index in [4.69, 9.17) is 23.9 Å². The number of hydrogen-bond donors (Lipinski definition) is 0. The van der Waals surface area contributed by atoms with Crippen LogP contribution < -0.4 is 4.74 Å². The van der Waals surface area contributed by atoms with E-state index in [0.29, 0.717) is 24.2 Å². The normalized spacial score (nSPS) is 27.9. The van der Waals surface area contributed by atoms with E-state index < -0.39 is 5.60 Å². The van der Waals surface area contributed by atoms with Gasteiger partial charge in [0.2, 0.25) is 0 Å². The second-order valence-corrected chi connectivity index (χ2v) is 9.83. The number of aliphatic imine (C=N–C) groups is 1. The average Bonchev–Trinajstić information content (AvgIpc) is 3.20. The van der Waals surface area contributed by atoms with Gasteiger partial charge in [-0.05, 0) is 30.4 Å². The first-order valence-corrected chi connectivity index (χ1v) is 12.4. The topological polar surface area (TPSA) is 86.7 Å². The fourth-order valence-corrected chi connectivity index (χ4v) is 5.87. The summed E-state index contributed by atoms with van der Waals surface area (Å²) >= 11 is 0. The Morgan fingerprint density at radius 3 is 2.66 bits per heavy atom. The molecule has 0 aromatic heterocycles. The molecule has 0 saturated carbocycles. The Morgan fingerprint density at radius 2 is 2.03 bits per heavy atom. The summed E-state index contributed by atoms with van der Waals surface area (Å²) in [6, 6.07) is 5.64. The van der Waals surface area contributed by atoms with Gasteiger partial charge in [0, 0.05) is 19.5 Å². The highest BCUT2D eigenvalue weighted by Crippen LogP contribution is 2.53. The maximum atomic E-state index is 13.0. The molecular weight excluding hydrogens is 448 g/mol. The van der Waals surface area contributed by atoms with Crippen LogP contribution in [-0.4, -0.2) is 63.0 Å². The highest BCUT2D eigenvalue weighted by Gasteiger charge is 2.57. The van der Waals surface area contributed by atoms with Gasteiger partial charge in [0.15, 0.2) is 5.60 Å². The average molecular weight is 485 g/mol. The highest BCUT2D eigenvalue weighted by atomic mass is 16.6. The van der Waals surface area contributed by atoms with E-state index in [1.807, 2.05) is 32.0 Å². The van der Waals surface area contributed by atoms with Gasteiger partial charge in [-0.25, -0.2) is 4.79 Å². The molecule has 0 radical (unpaired) electrons. The smallest absolute Gasteiger partial charge is 0.337 e. The number of ether oxygens (including phenoxy) is 4. The zero-order chi connectivity index (χ0) is 25.3. The van der Waals surface area contributed by atoms with Crippen molar-refractivity contribution >= 4 is 23.3 Å². The van der Waals surface area contributed by atoms with Crippen LogP contribution in [0.4, 0.5) is 5.69 Å². The maximum absolute atomic E-state index is 13.0. The second-order valence-electron chi connectivity index (χ2n) is 9.83.